The van der Waals surface area contributed by atoms with Crippen molar-refractivity contribution in [2.75, 3.05) is 18.4 Å². The number of nitrogens with zero attached hydrogens (tertiary/aromatic N) is 2. The summed E-state index contributed by atoms with van der Waals surface area (Å²) in [6.07, 6.45) is -4.03. The molecule has 0 spiro atoms. The number of aromatic amines is 1. The summed E-state index contributed by atoms with van der Waals surface area (Å²) < 4.78 is 66.1. The maximum absolute atomic E-state index is 13.2. The van der Waals surface area contributed by atoms with Crippen LogP contribution < -0.4 is 10.9 Å². The van der Waals surface area contributed by atoms with Crippen molar-refractivity contribution < 1.29 is 21.6 Å². The van der Waals surface area contributed by atoms with Gasteiger partial charge in [0.25, 0.3) is 5.56 Å². The Morgan fingerprint density at radius 3 is 2.46 bits per heavy atom. The SMILES string of the molecule is Cc1cc(=O)[nH]c(NC2CCN(S(=O)(=O)c3ccccc3C(F)(F)F)CC2)n1. The molecule has 28 heavy (non-hydrogen) atoms. The van der Waals surface area contributed by atoms with Crippen LogP contribution >= 0.6 is 0 Å². The zero-order valence-corrected chi connectivity index (χ0v) is 15.8. The normalized spacial score (nSPS) is 16.9. The molecule has 0 atom stereocenters. The van der Waals surface area contributed by atoms with Crippen molar-refractivity contribution in [3.63, 3.8) is 0 Å². The monoisotopic (exact) mass is 416 g/mol. The van der Waals surface area contributed by atoms with E-state index in [2.05, 4.69) is 15.3 Å². The van der Waals surface area contributed by atoms with E-state index in [9.17, 15) is 26.4 Å². The van der Waals surface area contributed by atoms with Gasteiger partial charge in [0.2, 0.25) is 16.0 Å². The fourth-order valence-corrected chi connectivity index (χ4v) is 4.83. The van der Waals surface area contributed by atoms with Gasteiger partial charge in [-0.1, -0.05) is 12.1 Å². The molecule has 0 radical (unpaired) electrons. The summed E-state index contributed by atoms with van der Waals surface area (Å²) in [4.78, 5) is 17.5. The Balaban J connectivity index is 1.73. The molecule has 7 nitrogen and oxygen atoms in total. The average Bonchev–Trinajstić information content (AvgIpc) is 2.60. The number of aryl methyl sites for hydroxylation is 1. The van der Waals surface area contributed by atoms with Crippen molar-refractivity contribution in [3.8, 4) is 0 Å². The zero-order valence-electron chi connectivity index (χ0n) is 15.0. The Morgan fingerprint density at radius 2 is 1.86 bits per heavy atom. The number of hydrogen-bond acceptors (Lipinski definition) is 5. The lowest BCUT2D eigenvalue weighted by atomic mass is 10.1. The first-order valence-electron chi connectivity index (χ1n) is 8.58. The molecular formula is C17H19F3N4O3S. The topological polar surface area (TPSA) is 95.2 Å². The minimum Gasteiger partial charge on any atom is -0.353 e. The number of benzene rings is 1. The summed E-state index contributed by atoms with van der Waals surface area (Å²) in [5, 5.41) is 3.04. The molecule has 11 heteroatoms. The van der Waals surface area contributed by atoms with Crippen molar-refractivity contribution in [3.05, 3.63) is 51.9 Å². The third-order valence-corrected chi connectivity index (χ3v) is 6.43. The third kappa shape index (κ3) is 4.36. The number of piperidine rings is 1. The van der Waals surface area contributed by atoms with Crippen LogP contribution in [-0.2, 0) is 16.2 Å². The summed E-state index contributed by atoms with van der Waals surface area (Å²) in [5.74, 6) is 0.286. The van der Waals surface area contributed by atoms with Gasteiger partial charge in [0.05, 0.1) is 10.5 Å². The number of halogens is 3. The molecular weight excluding hydrogens is 397 g/mol. The Labute approximate surface area is 159 Å². The van der Waals surface area contributed by atoms with E-state index in [1.807, 2.05) is 0 Å². The molecule has 0 saturated carbocycles. The lowest BCUT2D eigenvalue weighted by Crippen LogP contribution is -2.43. The molecule has 2 aromatic rings. The minimum absolute atomic E-state index is 0.0578. The highest BCUT2D eigenvalue weighted by Crippen LogP contribution is 2.35. The van der Waals surface area contributed by atoms with Crippen LogP contribution in [0.25, 0.3) is 0 Å². The largest absolute Gasteiger partial charge is 0.417 e. The van der Waals surface area contributed by atoms with Gasteiger partial charge >= 0.3 is 6.18 Å². The number of aromatic nitrogens is 2. The number of nitrogens with one attached hydrogen (secondary N) is 2. The second-order valence-corrected chi connectivity index (χ2v) is 8.46. The van der Waals surface area contributed by atoms with Crippen molar-refractivity contribution in [2.24, 2.45) is 0 Å². The van der Waals surface area contributed by atoms with E-state index in [-0.39, 0.29) is 30.6 Å². The first-order valence-corrected chi connectivity index (χ1v) is 10.0. The van der Waals surface area contributed by atoms with Gasteiger partial charge in [0.1, 0.15) is 0 Å². The number of rotatable bonds is 4. The Hall–Kier alpha value is -2.40. The number of hydrogen-bond donors (Lipinski definition) is 2. The van der Waals surface area contributed by atoms with Gasteiger partial charge in [-0.2, -0.15) is 17.5 Å². The number of H-pyrrole nitrogens is 1. The highest BCUT2D eigenvalue weighted by Gasteiger charge is 2.39. The van der Waals surface area contributed by atoms with Crippen molar-refractivity contribution >= 4 is 16.0 Å². The second kappa shape index (κ2) is 7.55. The molecule has 0 aliphatic carbocycles. The van der Waals surface area contributed by atoms with Gasteiger partial charge in [-0.25, -0.2) is 13.4 Å². The molecule has 1 aromatic carbocycles. The fraction of sp³-hybridized carbons (Fsp3) is 0.412. The van der Waals surface area contributed by atoms with Crippen LogP contribution in [-0.4, -0.2) is 41.8 Å². The predicted molar refractivity (Wildman–Crippen MR) is 96.4 cm³/mol. The molecule has 0 unspecified atom stereocenters. The van der Waals surface area contributed by atoms with Gasteiger partial charge in [-0.05, 0) is 31.9 Å². The first-order chi connectivity index (χ1) is 13.1. The van der Waals surface area contributed by atoms with Crippen molar-refractivity contribution in [2.45, 2.75) is 36.9 Å². The molecule has 152 valence electrons. The molecule has 1 fully saturated rings. The van der Waals surface area contributed by atoms with E-state index in [1.54, 1.807) is 6.92 Å². The first kappa shape index (κ1) is 20.3. The molecule has 1 saturated heterocycles. The summed E-state index contributed by atoms with van der Waals surface area (Å²) in [6, 6.07) is 5.36. The Morgan fingerprint density at radius 1 is 1.21 bits per heavy atom. The van der Waals surface area contributed by atoms with E-state index in [0.717, 1.165) is 22.5 Å². The smallest absolute Gasteiger partial charge is 0.353 e. The number of sulfonamides is 1. The zero-order chi connectivity index (χ0) is 20.5. The number of alkyl halides is 3. The minimum atomic E-state index is -4.76. The van der Waals surface area contributed by atoms with Gasteiger partial charge < -0.3 is 5.32 Å². The van der Waals surface area contributed by atoms with Crippen LogP contribution in [0.2, 0.25) is 0 Å². The van der Waals surface area contributed by atoms with Crippen LogP contribution in [0, 0.1) is 6.92 Å². The van der Waals surface area contributed by atoms with Crippen LogP contribution in [0.5, 0.6) is 0 Å². The summed E-state index contributed by atoms with van der Waals surface area (Å²) >= 11 is 0. The Bertz CT molecular complexity index is 1010. The predicted octanol–water partition coefficient (Wildman–Crippen LogP) is 2.36. The quantitative estimate of drug-likeness (QED) is 0.798. The highest BCUT2D eigenvalue weighted by atomic mass is 32.2. The van der Waals surface area contributed by atoms with Crippen LogP contribution in [0.4, 0.5) is 19.1 Å². The summed E-state index contributed by atoms with van der Waals surface area (Å²) in [7, 11) is -4.27. The van der Waals surface area contributed by atoms with E-state index in [1.165, 1.54) is 12.1 Å². The van der Waals surface area contributed by atoms with E-state index in [4.69, 9.17) is 0 Å². The van der Waals surface area contributed by atoms with Gasteiger partial charge in [-0.3, -0.25) is 9.78 Å². The molecule has 2 N–H and O–H groups in total. The third-order valence-electron chi connectivity index (χ3n) is 4.47. The fourth-order valence-electron chi connectivity index (χ4n) is 3.15. The van der Waals surface area contributed by atoms with E-state index in [0.29, 0.717) is 18.5 Å². The van der Waals surface area contributed by atoms with E-state index >= 15 is 0 Å². The maximum Gasteiger partial charge on any atom is 0.417 e. The van der Waals surface area contributed by atoms with Gasteiger partial charge in [-0.15, -0.1) is 0 Å². The van der Waals surface area contributed by atoms with Crippen molar-refractivity contribution in [1.82, 2.24) is 14.3 Å². The van der Waals surface area contributed by atoms with Crippen LogP contribution in [0.3, 0.4) is 0 Å². The van der Waals surface area contributed by atoms with Crippen LogP contribution in [0.15, 0.2) is 40.0 Å². The van der Waals surface area contributed by atoms with Gasteiger partial charge in [0, 0.05) is 30.9 Å². The summed E-state index contributed by atoms with van der Waals surface area (Å²) in [6.45, 7) is 1.79. The lowest BCUT2D eigenvalue weighted by molar-refractivity contribution is -0.139. The maximum atomic E-state index is 13.2. The molecule has 0 amide bonds. The molecule has 1 aliphatic heterocycles. The Kier molecular flexibility index (Phi) is 5.48. The highest BCUT2D eigenvalue weighted by molar-refractivity contribution is 7.89. The standard InChI is InChI=1S/C17H19F3N4O3S/c1-11-10-15(25)23-16(21-11)22-12-6-8-24(9-7-12)28(26,27)14-5-3-2-4-13(14)17(18,19)20/h2-5,10,12H,6-9H2,1H3,(H2,21,22,23,25). The average molecular weight is 416 g/mol. The van der Waals surface area contributed by atoms with E-state index < -0.39 is 26.7 Å². The number of anilines is 1. The van der Waals surface area contributed by atoms with Crippen LogP contribution in [0.1, 0.15) is 24.1 Å². The molecule has 1 aliphatic rings. The molecule has 2 heterocycles. The second-order valence-electron chi connectivity index (χ2n) is 6.55. The van der Waals surface area contributed by atoms with Gasteiger partial charge in [0.15, 0.2) is 0 Å². The molecule has 3 rings (SSSR count). The molecule has 0 bridgehead atoms. The lowest BCUT2D eigenvalue weighted by Gasteiger charge is -2.32. The molecule has 1 aromatic heterocycles. The van der Waals surface area contributed by atoms with Crippen molar-refractivity contribution in [1.29, 1.82) is 0 Å². The summed E-state index contributed by atoms with van der Waals surface area (Å²) in [5.41, 5.74) is -0.939.